The van der Waals surface area contributed by atoms with Crippen LogP contribution in [0.5, 0.6) is 0 Å². The molecule has 0 N–H and O–H groups in total. The highest BCUT2D eigenvalue weighted by Crippen LogP contribution is 2.35. The van der Waals surface area contributed by atoms with E-state index in [-0.39, 0.29) is 18.1 Å². The van der Waals surface area contributed by atoms with Gasteiger partial charge in [0.2, 0.25) is 0 Å². The zero-order valence-electron chi connectivity index (χ0n) is 7.13. The van der Waals surface area contributed by atoms with E-state index in [4.69, 9.17) is 0 Å². The highest BCUT2D eigenvalue weighted by atomic mass is 32.2. The predicted molar refractivity (Wildman–Crippen MR) is 42.0 cm³/mol. The Morgan fingerprint density at radius 3 is 2.23 bits per heavy atom. The van der Waals surface area contributed by atoms with Crippen LogP contribution >= 0.6 is 0 Å². The van der Waals surface area contributed by atoms with Crippen LogP contribution in [0.4, 0.5) is 13.2 Å². The van der Waals surface area contributed by atoms with Crippen molar-refractivity contribution in [3.8, 4) is 0 Å². The highest BCUT2D eigenvalue weighted by molar-refractivity contribution is 7.92. The maximum Gasteiger partial charge on any atom is 0.405 e. The smallest absolute Gasteiger partial charge is 0.228 e. The summed E-state index contributed by atoms with van der Waals surface area (Å²) in [5.41, 5.74) is 0. The maximum atomic E-state index is 12.2. The Kier molecular flexibility index (Phi) is 2.62. The molecule has 0 amide bonds. The summed E-state index contributed by atoms with van der Waals surface area (Å²) in [4.78, 5) is 0. The van der Waals surface area contributed by atoms with E-state index in [2.05, 4.69) is 0 Å². The molecule has 0 bridgehead atoms. The molecular formula is C7H11F3O2S. The second-order valence-corrected chi connectivity index (χ2v) is 5.83. The van der Waals surface area contributed by atoms with Gasteiger partial charge in [0.05, 0.1) is 5.75 Å². The molecule has 0 aromatic carbocycles. The molecule has 1 aliphatic heterocycles. The molecular weight excluding hydrogens is 205 g/mol. The van der Waals surface area contributed by atoms with Crippen molar-refractivity contribution in [3.63, 3.8) is 0 Å². The van der Waals surface area contributed by atoms with Gasteiger partial charge < -0.3 is 0 Å². The van der Waals surface area contributed by atoms with Crippen LogP contribution in [0.1, 0.15) is 19.8 Å². The molecule has 1 heterocycles. The van der Waals surface area contributed by atoms with Gasteiger partial charge in [-0.05, 0) is 18.8 Å². The lowest BCUT2D eigenvalue weighted by Gasteiger charge is -2.28. The second kappa shape index (κ2) is 3.15. The molecule has 6 heteroatoms. The summed E-state index contributed by atoms with van der Waals surface area (Å²) < 4.78 is 58.8. The SMILES string of the molecule is CC1CCS(=O)(=O)C(C(F)(F)F)C1. The van der Waals surface area contributed by atoms with Crippen molar-refractivity contribution >= 4 is 9.84 Å². The number of halogens is 3. The van der Waals surface area contributed by atoms with Crippen LogP contribution in [0.2, 0.25) is 0 Å². The van der Waals surface area contributed by atoms with Crippen LogP contribution in [0.3, 0.4) is 0 Å². The molecule has 0 radical (unpaired) electrons. The predicted octanol–water partition coefficient (Wildman–Crippen LogP) is 1.76. The fraction of sp³-hybridized carbons (Fsp3) is 1.00. The van der Waals surface area contributed by atoms with E-state index in [1.54, 1.807) is 6.92 Å². The van der Waals surface area contributed by atoms with Gasteiger partial charge in [0.1, 0.15) is 0 Å². The molecule has 1 aliphatic rings. The standard InChI is InChI=1S/C7H11F3O2S/c1-5-2-3-13(11,12)6(4-5)7(8,9)10/h5-6H,2-4H2,1H3. The summed E-state index contributed by atoms with van der Waals surface area (Å²) in [5, 5.41) is -2.14. The summed E-state index contributed by atoms with van der Waals surface area (Å²) >= 11 is 0. The van der Waals surface area contributed by atoms with Crippen LogP contribution in [-0.2, 0) is 9.84 Å². The largest absolute Gasteiger partial charge is 0.405 e. The van der Waals surface area contributed by atoms with Gasteiger partial charge in [-0.15, -0.1) is 0 Å². The Balaban J connectivity index is 2.92. The average Bonchev–Trinajstić information content (AvgIpc) is 1.92. The monoisotopic (exact) mass is 216 g/mol. The number of sulfone groups is 1. The van der Waals surface area contributed by atoms with E-state index in [0.29, 0.717) is 6.42 Å². The van der Waals surface area contributed by atoms with E-state index < -0.39 is 21.3 Å². The van der Waals surface area contributed by atoms with Crippen molar-refractivity contribution in [2.75, 3.05) is 5.75 Å². The number of rotatable bonds is 0. The Hall–Kier alpha value is -0.260. The first-order chi connectivity index (χ1) is 5.73. The Bertz CT molecular complexity index is 281. The van der Waals surface area contributed by atoms with Crippen molar-refractivity contribution in [1.82, 2.24) is 0 Å². The normalized spacial score (nSPS) is 34.5. The van der Waals surface area contributed by atoms with Gasteiger partial charge in [-0.1, -0.05) is 6.92 Å². The van der Waals surface area contributed by atoms with Crippen LogP contribution < -0.4 is 0 Å². The Labute approximate surface area is 75.0 Å². The first kappa shape index (κ1) is 10.8. The minimum absolute atomic E-state index is 0.157. The average molecular weight is 216 g/mol. The van der Waals surface area contributed by atoms with Gasteiger partial charge in [0, 0.05) is 0 Å². The first-order valence-corrected chi connectivity index (χ1v) is 5.73. The molecule has 0 aliphatic carbocycles. The topological polar surface area (TPSA) is 34.1 Å². The summed E-state index contributed by atoms with van der Waals surface area (Å²) in [6.07, 6.45) is -4.55. The zero-order chi connectivity index (χ0) is 10.3. The maximum absolute atomic E-state index is 12.2. The zero-order valence-corrected chi connectivity index (χ0v) is 7.95. The van der Waals surface area contributed by atoms with Crippen LogP contribution in [-0.4, -0.2) is 25.6 Å². The third kappa shape index (κ3) is 2.36. The van der Waals surface area contributed by atoms with E-state index in [1.165, 1.54) is 0 Å². The number of hydrogen-bond acceptors (Lipinski definition) is 2. The summed E-state index contributed by atoms with van der Waals surface area (Å²) in [5.74, 6) is -0.492. The van der Waals surface area contributed by atoms with Crippen LogP contribution in [0, 0.1) is 5.92 Å². The van der Waals surface area contributed by atoms with Gasteiger partial charge in [-0.25, -0.2) is 8.42 Å². The van der Waals surface area contributed by atoms with E-state index in [0.717, 1.165) is 0 Å². The third-order valence-electron chi connectivity index (χ3n) is 2.31. The fourth-order valence-corrected chi connectivity index (χ4v) is 3.52. The highest BCUT2D eigenvalue weighted by Gasteiger charge is 2.50. The third-order valence-corrected chi connectivity index (χ3v) is 4.44. The molecule has 2 nitrogen and oxygen atoms in total. The van der Waals surface area contributed by atoms with Crippen LogP contribution in [0.15, 0.2) is 0 Å². The van der Waals surface area contributed by atoms with Crippen molar-refractivity contribution < 1.29 is 21.6 Å². The first-order valence-electron chi connectivity index (χ1n) is 4.02. The molecule has 1 fully saturated rings. The summed E-state index contributed by atoms with van der Waals surface area (Å²) in [6.45, 7) is 1.65. The molecule has 0 aromatic heterocycles. The minimum atomic E-state index is -4.60. The molecule has 13 heavy (non-hydrogen) atoms. The number of hydrogen-bond donors (Lipinski definition) is 0. The lowest BCUT2D eigenvalue weighted by atomic mass is 10.0. The quantitative estimate of drug-likeness (QED) is 0.618. The Morgan fingerprint density at radius 1 is 1.31 bits per heavy atom. The van der Waals surface area contributed by atoms with Gasteiger partial charge in [-0.2, -0.15) is 13.2 Å². The Morgan fingerprint density at radius 2 is 1.85 bits per heavy atom. The lowest BCUT2D eigenvalue weighted by Crippen LogP contribution is -2.42. The van der Waals surface area contributed by atoms with Gasteiger partial charge in [0.15, 0.2) is 15.1 Å². The van der Waals surface area contributed by atoms with E-state index in [9.17, 15) is 21.6 Å². The van der Waals surface area contributed by atoms with Gasteiger partial charge in [-0.3, -0.25) is 0 Å². The van der Waals surface area contributed by atoms with Gasteiger partial charge in [0.25, 0.3) is 0 Å². The van der Waals surface area contributed by atoms with Gasteiger partial charge >= 0.3 is 6.18 Å². The molecule has 0 spiro atoms. The molecule has 78 valence electrons. The summed E-state index contributed by atoms with van der Waals surface area (Å²) in [7, 11) is -3.94. The molecule has 0 saturated carbocycles. The molecule has 2 atom stereocenters. The van der Waals surface area contributed by atoms with Crippen LogP contribution in [0.25, 0.3) is 0 Å². The van der Waals surface area contributed by atoms with Crippen molar-refractivity contribution in [2.45, 2.75) is 31.2 Å². The fourth-order valence-electron chi connectivity index (χ4n) is 1.47. The molecule has 0 aromatic rings. The molecule has 1 rings (SSSR count). The van der Waals surface area contributed by atoms with E-state index in [1.807, 2.05) is 0 Å². The lowest BCUT2D eigenvalue weighted by molar-refractivity contribution is -0.134. The second-order valence-electron chi connectivity index (χ2n) is 3.53. The summed E-state index contributed by atoms with van der Waals surface area (Å²) in [6, 6.07) is 0. The van der Waals surface area contributed by atoms with Crippen molar-refractivity contribution in [1.29, 1.82) is 0 Å². The molecule has 1 saturated heterocycles. The van der Waals surface area contributed by atoms with E-state index >= 15 is 0 Å². The number of alkyl halides is 3. The van der Waals surface area contributed by atoms with Crippen molar-refractivity contribution in [2.24, 2.45) is 5.92 Å². The van der Waals surface area contributed by atoms with Crippen molar-refractivity contribution in [3.05, 3.63) is 0 Å². The molecule has 2 unspecified atom stereocenters. The minimum Gasteiger partial charge on any atom is -0.228 e.